The maximum atomic E-state index is 2.50. The first kappa shape index (κ1) is 29.0. The zero-order chi connectivity index (χ0) is 35.0. The van der Waals surface area contributed by atoms with Gasteiger partial charge in [0, 0.05) is 43.8 Å². The summed E-state index contributed by atoms with van der Waals surface area (Å²) in [6.45, 7) is 4.74. The van der Waals surface area contributed by atoms with Crippen LogP contribution < -0.4 is 0 Å². The summed E-state index contributed by atoms with van der Waals surface area (Å²) in [6, 6.07) is 63.4. The summed E-state index contributed by atoms with van der Waals surface area (Å²) < 4.78 is 4.95. The van der Waals surface area contributed by atoms with Crippen molar-refractivity contribution in [3.05, 3.63) is 181 Å². The Bertz CT molecular complexity index is 3190. The van der Waals surface area contributed by atoms with Gasteiger partial charge in [-0.05, 0) is 99.1 Å². The van der Waals surface area contributed by atoms with Crippen LogP contribution in [0.4, 0.5) is 0 Å². The standard InChI is InChI=1S/C51H34N2/c1-51(2)44-21-10-8-17-36(44)40-29-43-42-28-32(23-25-47(42)52(49(43)30-45(40)51)33-13-4-3-5-14-33)31-24-26-48-41(27-31)35-16-7-6-15-34(35)38-19-12-20-39-37-18-9-11-22-46(37)53(48)50(38)39/h3-30H,1-2H3. The molecule has 0 saturated carbocycles. The maximum Gasteiger partial charge on any atom is 0.0619 e. The van der Waals surface area contributed by atoms with Crippen LogP contribution in [0, 0.1) is 0 Å². The highest BCUT2D eigenvalue weighted by Crippen LogP contribution is 2.52. The summed E-state index contributed by atoms with van der Waals surface area (Å²) in [7, 11) is 0. The summed E-state index contributed by atoms with van der Waals surface area (Å²) in [4.78, 5) is 0. The van der Waals surface area contributed by atoms with Crippen LogP contribution in [0.5, 0.6) is 0 Å². The van der Waals surface area contributed by atoms with Crippen LogP contribution in [0.15, 0.2) is 170 Å². The number of hydrogen-bond acceptors (Lipinski definition) is 0. The summed E-state index contributed by atoms with van der Waals surface area (Å²) in [5.41, 5.74) is 20.3. The molecule has 53 heavy (non-hydrogen) atoms. The van der Waals surface area contributed by atoms with Crippen LogP contribution in [0.2, 0.25) is 0 Å². The Morgan fingerprint density at radius 2 is 1.00 bits per heavy atom. The van der Waals surface area contributed by atoms with E-state index in [9.17, 15) is 0 Å². The Kier molecular flexibility index (Phi) is 5.60. The van der Waals surface area contributed by atoms with Crippen LogP contribution in [0.1, 0.15) is 25.0 Å². The molecule has 2 aromatic heterocycles. The van der Waals surface area contributed by atoms with E-state index < -0.39 is 0 Å². The molecular formula is C51H34N2. The minimum absolute atomic E-state index is 0.0718. The second-order valence-corrected chi connectivity index (χ2v) is 15.3. The van der Waals surface area contributed by atoms with E-state index in [1.165, 1.54) is 111 Å². The number of hydrogen-bond donors (Lipinski definition) is 0. The van der Waals surface area contributed by atoms with E-state index in [1.54, 1.807) is 0 Å². The van der Waals surface area contributed by atoms with E-state index in [-0.39, 0.29) is 5.41 Å². The fourth-order valence-electron chi connectivity index (χ4n) is 9.81. The zero-order valence-corrected chi connectivity index (χ0v) is 29.6. The van der Waals surface area contributed by atoms with E-state index in [0.717, 1.165) is 0 Å². The molecular weight excluding hydrogens is 641 g/mol. The van der Waals surface area contributed by atoms with Gasteiger partial charge in [0.15, 0.2) is 0 Å². The lowest BCUT2D eigenvalue weighted by atomic mass is 9.82. The molecule has 0 bridgehead atoms. The number of aromatic nitrogens is 2. The smallest absolute Gasteiger partial charge is 0.0619 e. The van der Waals surface area contributed by atoms with E-state index in [0.29, 0.717) is 0 Å². The van der Waals surface area contributed by atoms with Gasteiger partial charge in [-0.3, -0.25) is 0 Å². The Labute approximate surface area is 307 Å². The molecule has 0 fully saturated rings. The van der Waals surface area contributed by atoms with E-state index in [2.05, 4.69) is 193 Å². The van der Waals surface area contributed by atoms with Gasteiger partial charge in [-0.15, -0.1) is 0 Å². The first-order chi connectivity index (χ1) is 26.1. The van der Waals surface area contributed by atoms with Crippen molar-refractivity contribution in [2.45, 2.75) is 19.3 Å². The summed E-state index contributed by atoms with van der Waals surface area (Å²) in [6.07, 6.45) is 0. The van der Waals surface area contributed by atoms with Crippen LogP contribution in [-0.2, 0) is 5.41 Å². The Morgan fingerprint density at radius 3 is 1.87 bits per heavy atom. The lowest BCUT2D eigenvalue weighted by Crippen LogP contribution is -2.14. The molecule has 0 saturated heterocycles. The van der Waals surface area contributed by atoms with Gasteiger partial charge in [0.05, 0.1) is 27.8 Å². The van der Waals surface area contributed by atoms with Crippen molar-refractivity contribution in [3.8, 4) is 55.9 Å². The van der Waals surface area contributed by atoms with Crippen molar-refractivity contribution in [1.82, 2.24) is 9.13 Å². The molecule has 10 aromatic rings. The Morgan fingerprint density at radius 1 is 0.358 bits per heavy atom. The van der Waals surface area contributed by atoms with E-state index in [4.69, 9.17) is 0 Å². The molecule has 2 heteroatoms. The fraction of sp³-hybridized carbons (Fsp3) is 0.0588. The molecule has 2 nitrogen and oxygen atoms in total. The van der Waals surface area contributed by atoms with Crippen LogP contribution in [-0.4, -0.2) is 9.13 Å². The van der Waals surface area contributed by atoms with Crippen molar-refractivity contribution < 1.29 is 0 Å². The molecule has 0 unspecified atom stereocenters. The topological polar surface area (TPSA) is 9.86 Å². The molecule has 0 atom stereocenters. The molecule has 12 rings (SSSR count). The predicted molar refractivity (Wildman–Crippen MR) is 223 cm³/mol. The molecule has 248 valence electrons. The highest BCUT2D eigenvalue weighted by molar-refractivity contribution is 6.17. The third-order valence-electron chi connectivity index (χ3n) is 12.3. The first-order valence-corrected chi connectivity index (χ1v) is 18.6. The van der Waals surface area contributed by atoms with Gasteiger partial charge in [0.25, 0.3) is 0 Å². The largest absolute Gasteiger partial charge is 0.309 e. The minimum Gasteiger partial charge on any atom is -0.309 e. The SMILES string of the molecule is CC1(C)c2ccccc2-c2cc3c4cc(-c5ccc6c(c5)-c5ccccc5-c5cccc7c8ccccc8n-6c57)ccc4n(-c4ccccc4)c3cc21. The van der Waals surface area contributed by atoms with Crippen LogP contribution in [0.25, 0.3) is 99.5 Å². The van der Waals surface area contributed by atoms with Crippen molar-refractivity contribution in [3.63, 3.8) is 0 Å². The lowest BCUT2D eigenvalue weighted by Gasteiger charge is -2.21. The number of nitrogens with zero attached hydrogens (tertiary/aromatic N) is 2. The molecule has 8 aromatic carbocycles. The fourth-order valence-corrected chi connectivity index (χ4v) is 9.81. The average Bonchev–Trinajstić information content (AvgIpc) is 3.76. The van der Waals surface area contributed by atoms with Gasteiger partial charge in [0.2, 0.25) is 0 Å². The quantitative estimate of drug-likeness (QED) is 0.173. The number of benzene rings is 8. The third-order valence-corrected chi connectivity index (χ3v) is 12.3. The van der Waals surface area contributed by atoms with Crippen molar-refractivity contribution in [2.24, 2.45) is 0 Å². The maximum absolute atomic E-state index is 2.50. The number of rotatable bonds is 2. The molecule has 0 spiro atoms. The van der Waals surface area contributed by atoms with E-state index >= 15 is 0 Å². The summed E-state index contributed by atoms with van der Waals surface area (Å²) in [5.74, 6) is 0. The van der Waals surface area contributed by atoms with Gasteiger partial charge in [-0.2, -0.15) is 0 Å². The van der Waals surface area contributed by atoms with Gasteiger partial charge < -0.3 is 9.13 Å². The average molecular weight is 675 g/mol. The molecule has 2 aliphatic rings. The van der Waals surface area contributed by atoms with Crippen molar-refractivity contribution in [1.29, 1.82) is 0 Å². The Balaban J connectivity index is 1.12. The highest BCUT2D eigenvalue weighted by atomic mass is 15.0. The summed E-state index contributed by atoms with van der Waals surface area (Å²) in [5, 5.41) is 5.14. The normalized spacial score (nSPS) is 13.6. The van der Waals surface area contributed by atoms with Gasteiger partial charge in [0.1, 0.15) is 0 Å². The first-order valence-electron chi connectivity index (χ1n) is 18.6. The van der Waals surface area contributed by atoms with Gasteiger partial charge in [-0.25, -0.2) is 0 Å². The monoisotopic (exact) mass is 674 g/mol. The Hall–Kier alpha value is -6.64. The lowest BCUT2D eigenvalue weighted by molar-refractivity contribution is 0.661. The van der Waals surface area contributed by atoms with Gasteiger partial charge >= 0.3 is 0 Å². The minimum atomic E-state index is -0.0718. The van der Waals surface area contributed by atoms with Crippen molar-refractivity contribution in [2.75, 3.05) is 0 Å². The summed E-state index contributed by atoms with van der Waals surface area (Å²) >= 11 is 0. The molecule has 0 amide bonds. The molecule has 0 N–H and O–H groups in total. The molecule has 3 heterocycles. The predicted octanol–water partition coefficient (Wildman–Crippen LogP) is 13.5. The second kappa shape index (κ2) is 10.2. The van der Waals surface area contributed by atoms with Gasteiger partial charge in [-0.1, -0.05) is 129 Å². The third kappa shape index (κ3) is 3.77. The second-order valence-electron chi connectivity index (χ2n) is 15.3. The van der Waals surface area contributed by atoms with Crippen molar-refractivity contribution >= 4 is 43.6 Å². The van der Waals surface area contributed by atoms with Crippen LogP contribution in [0.3, 0.4) is 0 Å². The van der Waals surface area contributed by atoms with Crippen LogP contribution >= 0.6 is 0 Å². The zero-order valence-electron chi connectivity index (χ0n) is 29.6. The molecule has 1 aliphatic carbocycles. The number of para-hydroxylation sites is 3. The molecule has 0 radical (unpaired) electrons. The van der Waals surface area contributed by atoms with E-state index in [1.807, 2.05) is 0 Å². The highest BCUT2D eigenvalue weighted by Gasteiger charge is 2.36. The molecule has 1 aliphatic heterocycles. The number of fused-ring (bicyclic) bond motifs is 14.